The SMILES string of the molecule is COc1ccc(-c2c(OCc3ccccc3)c3cncnc3n(OCc3ccccc3)c2=O)cc1.O=c1c(I)c(OCc2ccccc2)c2cncnc2n1OCc1ccccc1. The van der Waals surface area contributed by atoms with Crippen molar-refractivity contribution in [3.63, 3.8) is 0 Å². The van der Waals surface area contributed by atoms with E-state index in [2.05, 4.69) is 19.9 Å². The largest absolute Gasteiger partial charge is 0.497 e. The van der Waals surface area contributed by atoms with Crippen LogP contribution >= 0.6 is 22.6 Å². The van der Waals surface area contributed by atoms with Crippen LogP contribution < -0.4 is 35.0 Å². The molecule has 0 unspecified atom stereocenters. The lowest BCUT2D eigenvalue weighted by molar-refractivity contribution is 0.0967. The minimum atomic E-state index is -0.375. The van der Waals surface area contributed by atoms with Gasteiger partial charge in [-0.25, -0.2) is 19.9 Å². The molecule has 0 aliphatic carbocycles. The third kappa shape index (κ3) is 9.97. The summed E-state index contributed by atoms with van der Waals surface area (Å²) in [4.78, 5) is 55.5. The summed E-state index contributed by atoms with van der Waals surface area (Å²) in [6.07, 6.45) is 6.04. The Labute approximate surface area is 375 Å². The van der Waals surface area contributed by atoms with Crippen LogP contribution in [0.15, 0.2) is 180 Å². The molecule has 4 heterocycles. The van der Waals surface area contributed by atoms with Crippen molar-refractivity contribution in [3.05, 3.63) is 217 Å². The number of hydrogen-bond donors (Lipinski definition) is 0. The third-order valence-corrected chi connectivity index (χ3v) is 10.6. The molecular formula is C49H39IN6O7. The maximum absolute atomic E-state index is 13.9. The van der Waals surface area contributed by atoms with Crippen LogP contribution in [0.3, 0.4) is 0 Å². The second kappa shape index (κ2) is 20.3. The Morgan fingerprint density at radius 1 is 0.508 bits per heavy atom. The highest BCUT2D eigenvalue weighted by Gasteiger charge is 2.23. The summed E-state index contributed by atoms with van der Waals surface area (Å²) >= 11 is 1.98. The lowest BCUT2D eigenvalue weighted by Gasteiger charge is -2.18. The fourth-order valence-electron chi connectivity index (χ4n) is 6.55. The molecule has 63 heavy (non-hydrogen) atoms. The van der Waals surface area contributed by atoms with Crippen molar-refractivity contribution >= 4 is 44.7 Å². The van der Waals surface area contributed by atoms with E-state index >= 15 is 0 Å². The van der Waals surface area contributed by atoms with Crippen LogP contribution in [-0.4, -0.2) is 36.5 Å². The average molecular weight is 951 g/mol. The first-order chi connectivity index (χ1) is 31.0. The van der Waals surface area contributed by atoms with Gasteiger partial charge in [0.1, 0.15) is 54.2 Å². The van der Waals surface area contributed by atoms with Gasteiger partial charge in [-0.3, -0.25) is 9.59 Å². The number of pyridine rings is 2. The molecule has 9 aromatic rings. The summed E-state index contributed by atoms with van der Waals surface area (Å²) in [5.74, 6) is 1.55. The average Bonchev–Trinajstić information content (AvgIpc) is 3.34. The highest BCUT2D eigenvalue weighted by Crippen LogP contribution is 2.35. The van der Waals surface area contributed by atoms with Gasteiger partial charge in [-0.1, -0.05) is 133 Å². The van der Waals surface area contributed by atoms with E-state index in [1.54, 1.807) is 31.6 Å². The van der Waals surface area contributed by atoms with Gasteiger partial charge in [0.15, 0.2) is 17.0 Å². The van der Waals surface area contributed by atoms with Crippen LogP contribution in [0, 0.1) is 3.57 Å². The Morgan fingerprint density at radius 2 is 0.921 bits per heavy atom. The minimum Gasteiger partial charge on any atom is -0.497 e. The lowest BCUT2D eigenvalue weighted by Crippen LogP contribution is -2.30. The van der Waals surface area contributed by atoms with Gasteiger partial charge in [0.05, 0.1) is 23.4 Å². The van der Waals surface area contributed by atoms with Crippen LogP contribution in [0.4, 0.5) is 0 Å². The van der Waals surface area contributed by atoms with E-state index in [0.29, 0.717) is 60.6 Å². The molecule has 5 aromatic carbocycles. The van der Waals surface area contributed by atoms with Crippen LogP contribution in [0.2, 0.25) is 0 Å². The van der Waals surface area contributed by atoms with Gasteiger partial charge in [0, 0.05) is 12.4 Å². The second-order valence-corrected chi connectivity index (χ2v) is 14.9. The summed E-state index contributed by atoms with van der Waals surface area (Å²) in [5, 5.41) is 1.19. The van der Waals surface area contributed by atoms with Crippen LogP contribution in [0.1, 0.15) is 22.3 Å². The highest BCUT2D eigenvalue weighted by atomic mass is 127. The number of hydrogen-bond acceptors (Lipinski definition) is 11. The van der Waals surface area contributed by atoms with E-state index in [4.69, 9.17) is 23.9 Å². The maximum Gasteiger partial charge on any atom is 0.302 e. The van der Waals surface area contributed by atoms with E-state index in [-0.39, 0.29) is 30.9 Å². The van der Waals surface area contributed by atoms with E-state index in [9.17, 15) is 9.59 Å². The zero-order valence-corrected chi connectivity index (χ0v) is 36.1. The van der Waals surface area contributed by atoms with E-state index < -0.39 is 0 Å². The number of nitrogens with zero attached hydrogens (tertiary/aromatic N) is 6. The monoisotopic (exact) mass is 950 g/mol. The number of fused-ring (bicyclic) bond motifs is 2. The van der Waals surface area contributed by atoms with Crippen LogP contribution in [-0.2, 0) is 26.4 Å². The van der Waals surface area contributed by atoms with Gasteiger partial charge in [-0.15, -0.1) is 9.46 Å². The van der Waals surface area contributed by atoms with Crippen molar-refractivity contribution in [2.45, 2.75) is 26.4 Å². The predicted molar refractivity (Wildman–Crippen MR) is 247 cm³/mol. The van der Waals surface area contributed by atoms with Crippen molar-refractivity contribution in [1.29, 1.82) is 0 Å². The molecule has 0 spiro atoms. The first-order valence-corrected chi connectivity index (χ1v) is 20.8. The Kier molecular flexibility index (Phi) is 13.6. The molecule has 0 atom stereocenters. The highest BCUT2D eigenvalue weighted by molar-refractivity contribution is 14.1. The van der Waals surface area contributed by atoms with Gasteiger partial charge >= 0.3 is 5.56 Å². The van der Waals surface area contributed by atoms with E-state index in [0.717, 1.165) is 22.3 Å². The van der Waals surface area contributed by atoms with Gasteiger partial charge in [0.25, 0.3) is 5.56 Å². The lowest BCUT2D eigenvalue weighted by atomic mass is 10.0. The topological polar surface area (TPSA) is 142 Å². The summed E-state index contributed by atoms with van der Waals surface area (Å²) < 4.78 is 20.4. The molecule has 0 amide bonds. The molecular weight excluding hydrogens is 911 g/mol. The van der Waals surface area contributed by atoms with Gasteiger partial charge in [-0.05, 0) is 62.5 Å². The summed E-state index contributed by atoms with van der Waals surface area (Å²) in [5.41, 5.74) is 4.91. The molecule has 0 N–H and O–H groups in total. The minimum absolute atomic E-state index is 0.201. The Balaban J connectivity index is 0.000000177. The molecule has 4 aromatic heterocycles. The third-order valence-electron chi connectivity index (χ3n) is 9.69. The molecule has 0 fully saturated rings. The molecule has 0 aliphatic rings. The Morgan fingerprint density at radius 3 is 1.38 bits per heavy atom. The molecule has 14 heteroatoms. The molecule has 13 nitrogen and oxygen atoms in total. The van der Waals surface area contributed by atoms with Crippen LogP contribution in [0.25, 0.3) is 33.2 Å². The van der Waals surface area contributed by atoms with Crippen molar-refractivity contribution in [2.24, 2.45) is 0 Å². The smallest absolute Gasteiger partial charge is 0.302 e. The van der Waals surface area contributed by atoms with Crippen molar-refractivity contribution in [2.75, 3.05) is 7.11 Å². The Bertz CT molecular complexity index is 3050. The predicted octanol–water partition coefficient (Wildman–Crippen LogP) is 8.28. The molecule has 9 rings (SSSR count). The number of methoxy groups -OCH3 is 1. The maximum atomic E-state index is 13.9. The summed E-state index contributed by atoms with van der Waals surface area (Å²) in [6, 6.07) is 46.1. The molecule has 0 aliphatic heterocycles. The Hall–Kier alpha value is -7.59. The molecule has 0 bridgehead atoms. The molecule has 0 saturated carbocycles. The van der Waals surface area contributed by atoms with Gasteiger partial charge in [-0.2, -0.15) is 0 Å². The van der Waals surface area contributed by atoms with Crippen molar-refractivity contribution < 1.29 is 23.9 Å². The normalized spacial score (nSPS) is 10.8. The number of halogens is 1. The zero-order valence-electron chi connectivity index (χ0n) is 33.9. The summed E-state index contributed by atoms with van der Waals surface area (Å²) in [6.45, 7) is 1.07. The molecule has 0 saturated heterocycles. The van der Waals surface area contributed by atoms with Gasteiger partial charge < -0.3 is 23.9 Å². The fourth-order valence-corrected chi connectivity index (χ4v) is 7.21. The van der Waals surface area contributed by atoms with Gasteiger partial charge in [0.2, 0.25) is 0 Å². The zero-order chi connectivity index (χ0) is 43.4. The van der Waals surface area contributed by atoms with Crippen molar-refractivity contribution in [1.82, 2.24) is 29.4 Å². The number of ether oxygens (including phenoxy) is 3. The fraction of sp³-hybridized carbons (Fsp3) is 0.102. The molecule has 0 radical (unpaired) electrons. The number of benzene rings is 5. The standard InChI is InChI=1S/C28H23N3O4.C21H16IN3O3/c1-33-23-14-12-22(13-15-23)25-26(34-17-20-8-4-2-5-9-20)24-16-29-19-30-27(24)31(28(25)32)35-18-21-10-6-3-7-11-21;22-18-19(27-12-15-7-3-1-4-8-15)17-11-23-14-24-20(17)25(21(18)26)28-13-16-9-5-2-6-10-16/h2-16,19H,17-18H2,1H3;1-11,14H,12-13H2. The second-order valence-electron chi connectivity index (χ2n) is 13.9. The molecule has 314 valence electrons. The van der Waals surface area contributed by atoms with E-state index in [1.165, 1.54) is 22.1 Å². The quantitative estimate of drug-likeness (QED) is 0.0973. The summed E-state index contributed by atoms with van der Waals surface area (Å²) in [7, 11) is 1.60. The van der Waals surface area contributed by atoms with E-state index in [1.807, 2.05) is 156 Å². The first-order valence-electron chi connectivity index (χ1n) is 19.7. The number of rotatable bonds is 14. The van der Waals surface area contributed by atoms with Crippen molar-refractivity contribution in [3.8, 4) is 28.4 Å². The number of aromatic nitrogens is 6. The first kappa shape index (κ1) is 42.1. The van der Waals surface area contributed by atoms with Crippen LogP contribution in [0.5, 0.6) is 17.2 Å².